The van der Waals surface area contributed by atoms with Gasteiger partial charge in [-0.15, -0.1) is 23.7 Å². The van der Waals surface area contributed by atoms with Crippen LogP contribution < -0.4 is 30.0 Å². The zero-order chi connectivity index (χ0) is 43.1. The molecule has 3 aromatic rings. The van der Waals surface area contributed by atoms with Crippen molar-refractivity contribution in [3.8, 4) is 23.0 Å². The number of halogens is 3. The predicted molar refractivity (Wildman–Crippen MR) is 220 cm³/mol. The summed E-state index contributed by atoms with van der Waals surface area (Å²) in [5, 5.41) is 2.93. The van der Waals surface area contributed by atoms with Gasteiger partial charge in [-0.05, 0) is 37.5 Å². The molecule has 332 valence electrons. The number of hydrogen-bond donors (Lipinski definition) is 2. The summed E-state index contributed by atoms with van der Waals surface area (Å²) in [5.74, 6) is -4.88. The van der Waals surface area contributed by atoms with E-state index in [-0.39, 0.29) is 148 Å². The Morgan fingerprint density at radius 3 is 2.18 bits per heavy atom. The summed E-state index contributed by atoms with van der Waals surface area (Å²) in [6, 6.07) is 4.58. The van der Waals surface area contributed by atoms with E-state index < -0.39 is 41.3 Å². The van der Waals surface area contributed by atoms with Gasteiger partial charge in [0.25, 0.3) is 0 Å². The van der Waals surface area contributed by atoms with Crippen LogP contribution in [0.3, 0.4) is 0 Å². The summed E-state index contributed by atoms with van der Waals surface area (Å²) in [4.78, 5) is 64.9. The number of nitrogens with one attached hydrogen (secondary N) is 1. The van der Waals surface area contributed by atoms with Crippen molar-refractivity contribution >= 4 is 63.4 Å². The van der Waals surface area contributed by atoms with E-state index in [1.165, 1.54) is 25.2 Å². The lowest BCUT2D eigenvalue weighted by atomic mass is 9.90. The molecule has 0 saturated carbocycles. The third kappa shape index (κ3) is 13.1. The third-order valence-electron chi connectivity index (χ3n) is 9.51. The second-order valence-electron chi connectivity index (χ2n) is 13.6. The fourth-order valence-electron chi connectivity index (χ4n) is 6.36. The number of esters is 2. The maximum absolute atomic E-state index is 16.0. The van der Waals surface area contributed by atoms with E-state index in [9.17, 15) is 24.0 Å². The smallest absolute Gasteiger partial charge is 0.309 e. The molecule has 2 aromatic carbocycles. The molecule has 3 N–H and O–H groups in total. The highest BCUT2D eigenvalue weighted by Gasteiger charge is 2.35. The Bertz CT molecular complexity index is 1970. The summed E-state index contributed by atoms with van der Waals surface area (Å²) in [6.07, 6.45) is -0.0602. The van der Waals surface area contributed by atoms with Gasteiger partial charge in [0, 0.05) is 73.6 Å². The highest BCUT2D eigenvalue weighted by molar-refractivity contribution is 7.20. The molecule has 0 saturated heterocycles. The molecule has 1 unspecified atom stereocenters. The molecule has 2 atom stereocenters. The molecular weight excluding hydrogens is 832 g/mol. The summed E-state index contributed by atoms with van der Waals surface area (Å²) >= 11 is 1.08. The number of nitrogens with two attached hydrogens (primary N) is 1. The topological polar surface area (TPSA) is 191 Å². The average molecular weight is 886 g/mol. The molecule has 0 fully saturated rings. The SMILES string of the molecule is CCOC(=O)CCC(=O)c1cc2c(F)c(OCCCOc3c(OC)cc4c(c3F)CN(C(=O)C[C@H](C(=O)OCC)C(C)CNC(=O)CCOCCN)C4)c(OC)cc2s1.Cl. The lowest BCUT2D eigenvalue weighted by molar-refractivity contribution is -0.153. The van der Waals surface area contributed by atoms with Gasteiger partial charge in [-0.1, -0.05) is 6.92 Å². The zero-order valence-electron chi connectivity index (χ0n) is 34.5. The van der Waals surface area contributed by atoms with Crippen LogP contribution in [0.5, 0.6) is 23.0 Å². The Kier molecular flexibility index (Phi) is 20.2. The Balaban J connectivity index is 0.00000961. The lowest BCUT2D eigenvalue weighted by Crippen LogP contribution is -2.38. The molecule has 1 aliphatic rings. The number of thiophene rings is 1. The van der Waals surface area contributed by atoms with Gasteiger partial charge in [0.2, 0.25) is 11.8 Å². The molecule has 0 aliphatic carbocycles. The van der Waals surface area contributed by atoms with Crippen molar-refractivity contribution in [3.05, 3.63) is 45.8 Å². The number of hydrogen-bond acceptors (Lipinski definition) is 14. The van der Waals surface area contributed by atoms with Gasteiger partial charge in [-0.3, -0.25) is 24.0 Å². The summed E-state index contributed by atoms with van der Waals surface area (Å²) in [7, 11) is 2.72. The minimum Gasteiger partial charge on any atom is -0.493 e. The first-order chi connectivity index (χ1) is 28.4. The maximum atomic E-state index is 16.0. The molecule has 0 radical (unpaired) electrons. The van der Waals surface area contributed by atoms with E-state index in [0.29, 0.717) is 23.4 Å². The van der Waals surface area contributed by atoms with Gasteiger partial charge >= 0.3 is 11.9 Å². The van der Waals surface area contributed by atoms with Gasteiger partial charge < -0.3 is 49.1 Å². The Morgan fingerprint density at radius 1 is 0.867 bits per heavy atom. The Morgan fingerprint density at radius 2 is 1.53 bits per heavy atom. The van der Waals surface area contributed by atoms with Crippen LogP contribution in [-0.4, -0.2) is 101 Å². The number of fused-ring (bicyclic) bond motifs is 2. The number of carbonyl (C=O) groups excluding carboxylic acids is 5. The molecule has 15 nitrogen and oxygen atoms in total. The highest BCUT2D eigenvalue weighted by Crippen LogP contribution is 2.41. The van der Waals surface area contributed by atoms with Crippen LogP contribution in [0.1, 0.15) is 73.7 Å². The second-order valence-corrected chi connectivity index (χ2v) is 14.7. The number of ketones is 1. The molecule has 19 heteroatoms. The van der Waals surface area contributed by atoms with Crippen LogP contribution in [0.4, 0.5) is 8.78 Å². The first kappa shape index (κ1) is 49.6. The van der Waals surface area contributed by atoms with Gasteiger partial charge in [-0.25, -0.2) is 8.78 Å². The molecular formula is C41H54ClF2N3O12S. The molecule has 4 rings (SSSR count). The number of benzene rings is 2. The van der Waals surface area contributed by atoms with E-state index in [2.05, 4.69) is 5.32 Å². The first-order valence-electron chi connectivity index (χ1n) is 19.5. The van der Waals surface area contributed by atoms with Gasteiger partial charge in [0.05, 0.1) is 71.1 Å². The van der Waals surface area contributed by atoms with Crippen LogP contribution in [0, 0.1) is 23.5 Å². The summed E-state index contributed by atoms with van der Waals surface area (Å²) < 4.78 is 69.9. The lowest BCUT2D eigenvalue weighted by Gasteiger charge is -2.24. The molecule has 0 bridgehead atoms. The minimum absolute atomic E-state index is 0. The second kappa shape index (κ2) is 24.5. The Hall–Kier alpha value is -4.78. The maximum Gasteiger partial charge on any atom is 0.309 e. The number of methoxy groups -OCH3 is 2. The van der Waals surface area contributed by atoms with Crippen LogP contribution in [0.25, 0.3) is 10.1 Å². The van der Waals surface area contributed by atoms with Crippen molar-refractivity contribution in [2.45, 2.75) is 66.0 Å². The molecule has 2 heterocycles. The number of amides is 2. The monoisotopic (exact) mass is 885 g/mol. The van der Waals surface area contributed by atoms with Gasteiger partial charge in [-0.2, -0.15) is 0 Å². The number of nitrogens with zero attached hydrogens (tertiary/aromatic N) is 1. The number of Topliss-reactive ketones (excluding diaryl/α,β-unsaturated/α-hetero) is 1. The standard InChI is InChI=1S/C41H53F2N3O12S.ClH/c1-6-55-36(50)10-9-29(47)33-18-27-32(59-33)20-31(53-5)40(37(27)42)58-14-8-13-57-39-30(52-4)17-25-22-46(23-28(25)38(39)43)35(49)19-26(41(51)56-7-2)24(3)21-45-34(48)11-15-54-16-12-44;/h17-18,20,24,26H,6-16,19,21-23,44H2,1-5H3,(H,45,48);1H/t24?,26-;/m0./s1. The third-order valence-corrected chi connectivity index (χ3v) is 10.6. The van der Waals surface area contributed by atoms with Gasteiger partial charge in [0.15, 0.2) is 40.4 Å². The van der Waals surface area contributed by atoms with Crippen LogP contribution in [-0.2, 0) is 46.5 Å². The number of ether oxygens (including phenoxy) is 7. The van der Waals surface area contributed by atoms with Crippen molar-refractivity contribution in [1.29, 1.82) is 0 Å². The van der Waals surface area contributed by atoms with Crippen LogP contribution in [0.15, 0.2) is 18.2 Å². The number of carbonyl (C=O) groups is 5. The van der Waals surface area contributed by atoms with E-state index in [4.69, 9.17) is 38.9 Å². The minimum atomic E-state index is -0.864. The molecule has 1 aromatic heterocycles. The predicted octanol–water partition coefficient (Wildman–Crippen LogP) is 5.52. The molecule has 2 amide bonds. The highest BCUT2D eigenvalue weighted by atomic mass is 35.5. The van der Waals surface area contributed by atoms with Crippen LogP contribution in [0.2, 0.25) is 0 Å². The normalized spacial score (nSPS) is 12.8. The summed E-state index contributed by atoms with van der Waals surface area (Å²) in [6.45, 7) is 6.31. The number of rotatable bonds is 25. The van der Waals surface area contributed by atoms with Crippen molar-refractivity contribution in [2.24, 2.45) is 17.6 Å². The van der Waals surface area contributed by atoms with Crippen molar-refractivity contribution in [2.75, 3.05) is 67.0 Å². The zero-order valence-corrected chi connectivity index (χ0v) is 36.1. The van der Waals surface area contributed by atoms with Crippen molar-refractivity contribution in [1.82, 2.24) is 10.2 Å². The average Bonchev–Trinajstić information content (AvgIpc) is 3.86. The Labute approximate surface area is 357 Å². The quantitative estimate of drug-likeness (QED) is 0.0615. The van der Waals surface area contributed by atoms with E-state index in [1.54, 1.807) is 32.9 Å². The molecule has 60 heavy (non-hydrogen) atoms. The van der Waals surface area contributed by atoms with Gasteiger partial charge in [0.1, 0.15) is 0 Å². The van der Waals surface area contributed by atoms with E-state index >= 15 is 8.78 Å². The molecule has 1 aliphatic heterocycles. The van der Waals surface area contributed by atoms with Crippen LogP contribution >= 0.6 is 23.7 Å². The van der Waals surface area contributed by atoms with Crippen molar-refractivity contribution in [3.63, 3.8) is 0 Å². The fraction of sp³-hybridized carbons (Fsp3) is 0.537. The first-order valence-corrected chi connectivity index (χ1v) is 20.3. The van der Waals surface area contributed by atoms with E-state index in [0.717, 1.165) is 11.3 Å². The van der Waals surface area contributed by atoms with E-state index in [1.807, 2.05) is 0 Å². The molecule has 0 spiro atoms. The largest absolute Gasteiger partial charge is 0.493 e. The fourth-order valence-corrected chi connectivity index (χ4v) is 7.42. The van der Waals surface area contributed by atoms with Crippen molar-refractivity contribution < 1.29 is 65.9 Å². The summed E-state index contributed by atoms with van der Waals surface area (Å²) in [5.41, 5.74) is 6.15.